The topological polar surface area (TPSA) is 68.0 Å². The minimum atomic E-state index is -0.216. The molecule has 22 heavy (non-hydrogen) atoms. The first-order valence-electron chi connectivity index (χ1n) is 6.60. The number of rotatable bonds is 4. The molecule has 5 nitrogen and oxygen atoms in total. The molecule has 0 aliphatic carbocycles. The van der Waals surface area contributed by atoms with Crippen molar-refractivity contribution in [2.45, 2.75) is 6.54 Å². The molecule has 0 saturated carbocycles. The summed E-state index contributed by atoms with van der Waals surface area (Å²) < 4.78 is 5.06. The van der Waals surface area contributed by atoms with Gasteiger partial charge < -0.3 is 9.73 Å². The van der Waals surface area contributed by atoms with E-state index < -0.39 is 0 Å². The van der Waals surface area contributed by atoms with Crippen LogP contribution in [-0.2, 0) is 6.54 Å². The summed E-state index contributed by atoms with van der Waals surface area (Å²) in [6, 6.07) is 8.57. The van der Waals surface area contributed by atoms with Crippen LogP contribution in [0.15, 0.2) is 59.7 Å². The molecular weight excluding hydrogens is 302 g/mol. The van der Waals surface area contributed by atoms with Crippen molar-refractivity contribution in [2.75, 3.05) is 0 Å². The molecule has 0 saturated heterocycles. The van der Waals surface area contributed by atoms with E-state index >= 15 is 0 Å². The van der Waals surface area contributed by atoms with E-state index in [1.807, 2.05) is 0 Å². The number of nitrogens with one attached hydrogen (secondary N) is 1. The van der Waals surface area contributed by atoms with E-state index in [1.54, 1.807) is 55.3 Å². The lowest BCUT2D eigenvalue weighted by Crippen LogP contribution is -2.23. The number of halogens is 1. The molecule has 0 aliphatic heterocycles. The van der Waals surface area contributed by atoms with E-state index in [2.05, 4.69) is 15.3 Å². The van der Waals surface area contributed by atoms with Gasteiger partial charge in [0.1, 0.15) is 0 Å². The fourth-order valence-electron chi connectivity index (χ4n) is 2.03. The highest BCUT2D eigenvalue weighted by Gasteiger charge is 2.11. The Labute approximate surface area is 132 Å². The Morgan fingerprint density at radius 3 is 2.86 bits per heavy atom. The average molecular weight is 314 g/mol. The second-order valence-corrected chi connectivity index (χ2v) is 4.99. The second-order valence-electron chi connectivity index (χ2n) is 4.56. The Morgan fingerprint density at radius 2 is 2.09 bits per heavy atom. The van der Waals surface area contributed by atoms with Crippen LogP contribution in [0.3, 0.4) is 0 Å². The van der Waals surface area contributed by atoms with Gasteiger partial charge in [-0.1, -0.05) is 17.7 Å². The molecule has 0 atom stereocenters. The van der Waals surface area contributed by atoms with E-state index in [9.17, 15) is 4.79 Å². The van der Waals surface area contributed by atoms with Crippen LogP contribution >= 0.6 is 11.6 Å². The summed E-state index contributed by atoms with van der Waals surface area (Å²) in [6.07, 6.45) is 6.35. The summed E-state index contributed by atoms with van der Waals surface area (Å²) in [6.45, 7) is 0.264. The Hall–Kier alpha value is -2.66. The first kappa shape index (κ1) is 14.3. The Kier molecular flexibility index (Phi) is 4.16. The van der Waals surface area contributed by atoms with Gasteiger partial charge in [0.2, 0.25) is 0 Å². The zero-order valence-corrected chi connectivity index (χ0v) is 12.2. The number of nitrogens with zero attached hydrogens (tertiary/aromatic N) is 2. The zero-order chi connectivity index (χ0) is 15.4. The minimum absolute atomic E-state index is 0.216. The summed E-state index contributed by atoms with van der Waals surface area (Å²) in [7, 11) is 0. The molecule has 2 aromatic heterocycles. The van der Waals surface area contributed by atoms with Gasteiger partial charge in [-0.2, -0.15) is 0 Å². The van der Waals surface area contributed by atoms with Crippen LogP contribution in [0, 0.1) is 0 Å². The lowest BCUT2D eigenvalue weighted by Gasteiger charge is -2.08. The normalized spacial score (nSPS) is 10.4. The fraction of sp³-hybridized carbons (Fsp3) is 0.0625. The van der Waals surface area contributed by atoms with Crippen LogP contribution < -0.4 is 5.32 Å². The minimum Gasteiger partial charge on any atom is -0.472 e. The third-order valence-corrected chi connectivity index (χ3v) is 3.31. The van der Waals surface area contributed by atoms with Crippen molar-refractivity contribution in [2.24, 2.45) is 0 Å². The number of carbonyl (C=O) groups excluding carboxylic acids is 1. The van der Waals surface area contributed by atoms with E-state index in [4.69, 9.17) is 16.0 Å². The van der Waals surface area contributed by atoms with Crippen LogP contribution in [0.5, 0.6) is 0 Å². The Balaban J connectivity index is 1.76. The number of hydrogen-bond donors (Lipinski definition) is 1. The number of hydrogen-bond acceptors (Lipinski definition) is 4. The number of amides is 1. The molecule has 2 heterocycles. The van der Waals surface area contributed by atoms with Gasteiger partial charge in [-0.05, 0) is 24.3 Å². The third-order valence-electron chi connectivity index (χ3n) is 3.07. The van der Waals surface area contributed by atoms with Crippen molar-refractivity contribution in [1.29, 1.82) is 0 Å². The van der Waals surface area contributed by atoms with Crippen LogP contribution in [0.4, 0.5) is 0 Å². The molecular formula is C16H12ClN3O2. The van der Waals surface area contributed by atoms with Crippen molar-refractivity contribution in [3.63, 3.8) is 0 Å². The van der Waals surface area contributed by atoms with Crippen LogP contribution in [-0.4, -0.2) is 15.9 Å². The van der Waals surface area contributed by atoms with Crippen molar-refractivity contribution < 1.29 is 9.21 Å². The highest BCUT2D eigenvalue weighted by Crippen LogP contribution is 2.20. The van der Waals surface area contributed by atoms with Gasteiger partial charge >= 0.3 is 0 Å². The molecule has 1 aromatic carbocycles. The summed E-state index contributed by atoms with van der Waals surface area (Å²) in [5.74, 6) is -0.216. The molecule has 3 rings (SSSR count). The molecule has 0 radical (unpaired) electrons. The molecule has 0 spiro atoms. The van der Waals surface area contributed by atoms with Crippen LogP contribution in [0.25, 0.3) is 11.3 Å². The van der Waals surface area contributed by atoms with E-state index in [0.29, 0.717) is 22.0 Å². The maximum Gasteiger partial charge on any atom is 0.251 e. The van der Waals surface area contributed by atoms with Gasteiger partial charge in [0.05, 0.1) is 30.5 Å². The molecule has 1 amide bonds. The molecule has 3 aromatic rings. The number of furan rings is 1. The lowest BCUT2D eigenvalue weighted by atomic mass is 10.1. The zero-order valence-electron chi connectivity index (χ0n) is 11.5. The van der Waals surface area contributed by atoms with Gasteiger partial charge in [0.15, 0.2) is 0 Å². The van der Waals surface area contributed by atoms with E-state index in [0.717, 1.165) is 5.56 Å². The van der Waals surface area contributed by atoms with E-state index in [1.165, 1.54) is 0 Å². The van der Waals surface area contributed by atoms with Gasteiger partial charge in [0, 0.05) is 28.5 Å². The molecule has 0 fully saturated rings. The molecule has 1 N–H and O–H groups in total. The Bertz CT molecular complexity index is 788. The third kappa shape index (κ3) is 3.15. The van der Waals surface area contributed by atoms with Gasteiger partial charge in [0.25, 0.3) is 5.91 Å². The first-order chi connectivity index (χ1) is 10.7. The molecule has 0 bridgehead atoms. The summed E-state index contributed by atoms with van der Waals surface area (Å²) >= 11 is 5.89. The summed E-state index contributed by atoms with van der Waals surface area (Å²) in [5.41, 5.74) is 2.67. The van der Waals surface area contributed by atoms with Crippen molar-refractivity contribution in [3.05, 3.63) is 71.5 Å². The summed E-state index contributed by atoms with van der Waals surface area (Å²) in [4.78, 5) is 20.7. The van der Waals surface area contributed by atoms with E-state index in [-0.39, 0.29) is 12.5 Å². The fourth-order valence-corrected chi connectivity index (χ4v) is 2.22. The van der Waals surface area contributed by atoms with Gasteiger partial charge in [-0.15, -0.1) is 0 Å². The molecule has 0 unspecified atom stereocenters. The van der Waals surface area contributed by atoms with Crippen molar-refractivity contribution >= 4 is 17.5 Å². The second kappa shape index (κ2) is 6.41. The standard InChI is InChI=1S/C16H12ClN3O2/c17-13-3-1-2-11(8-13)16(21)20-9-14-15(19-6-5-18-14)12-4-7-22-10-12/h1-8,10H,9H2,(H,20,21). The maximum absolute atomic E-state index is 12.1. The monoisotopic (exact) mass is 313 g/mol. The van der Waals surface area contributed by atoms with Crippen LogP contribution in [0.1, 0.15) is 16.1 Å². The van der Waals surface area contributed by atoms with Gasteiger partial charge in [-0.25, -0.2) is 0 Å². The average Bonchev–Trinajstić information content (AvgIpc) is 3.07. The quantitative estimate of drug-likeness (QED) is 0.802. The molecule has 6 heteroatoms. The Morgan fingerprint density at radius 1 is 1.23 bits per heavy atom. The smallest absolute Gasteiger partial charge is 0.251 e. The SMILES string of the molecule is O=C(NCc1nccnc1-c1ccoc1)c1cccc(Cl)c1. The number of benzene rings is 1. The highest BCUT2D eigenvalue weighted by atomic mass is 35.5. The maximum atomic E-state index is 12.1. The first-order valence-corrected chi connectivity index (χ1v) is 6.98. The lowest BCUT2D eigenvalue weighted by molar-refractivity contribution is 0.0950. The predicted molar refractivity (Wildman–Crippen MR) is 82.4 cm³/mol. The number of carbonyl (C=O) groups is 1. The number of aromatic nitrogens is 2. The molecule has 110 valence electrons. The highest BCUT2D eigenvalue weighted by molar-refractivity contribution is 6.30. The summed E-state index contributed by atoms with van der Waals surface area (Å²) in [5, 5.41) is 3.33. The van der Waals surface area contributed by atoms with Crippen molar-refractivity contribution in [3.8, 4) is 11.3 Å². The largest absolute Gasteiger partial charge is 0.472 e. The van der Waals surface area contributed by atoms with Gasteiger partial charge in [-0.3, -0.25) is 14.8 Å². The van der Waals surface area contributed by atoms with Crippen LogP contribution in [0.2, 0.25) is 5.02 Å². The van der Waals surface area contributed by atoms with Crippen molar-refractivity contribution in [1.82, 2.24) is 15.3 Å². The predicted octanol–water partition coefficient (Wildman–Crippen LogP) is 3.32. The molecule has 0 aliphatic rings.